The van der Waals surface area contributed by atoms with Crippen molar-refractivity contribution in [3.8, 4) is 5.75 Å². The average Bonchev–Trinajstić information content (AvgIpc) is 1.82. The molecule has 0 aliphatic heterocycles. The highest BCUT2D eigenvalue weighted by Crippen LogP contribution is 2.27. The molecular weight excluding hydrogens is 194 g/mol. The van der Waals surface area contributed by atoms with Crippen LogP contribution in [-0.2, 0) is 0 Å². The fraction of sp³-hybridized carbons (Fsp3) is 0.143. The molecule has 0 aromatic heterocycles. The Morgan fingerprint density at radius 2 is 2.10 bits per heavy atom. The van der Waals surface area contributed by atoms with Crippen LogP contribution in [0.25, 0.3) is 0 Å². The van der Waals surface area contributed by atoms with Gasteiger partial charge in [-0.2, -0.15) is 0 Å². The Balaban J connectivity index is 3.31. The number of aryl methyl sites for hydroxylation is 1. The number of anilines is 1. The summed E-state index contributed by atoms with van der Waals surface area (Å²) in [5.41, 5.74) is 6.81. The Bertz CT molecular complexity index is 237. The lowest BCUT2D eigenvalue weighted by atomic mass is 10.2. The second kappa shape index (κ2) is 2.50. The van der Waals surface area contributed by atoms with Crippen LogP contribution in [-0.4, -0.2) is 5.11 Å². The van der Waals surface area contributed by atoms with Gasteiger partial charge in [-0.1, -0.05) is 15.9 Å². The van der Waals surface area contributed by atoms with E-state index in [0.29, 0.717) is 5.69 Å². The third-order valence-corrected chi connectivity index (χ3v) is 1.79. The molecule has 3 N–H and O–H groups in total. The van der Waals surface area contributed by atoms with Crippen LogP contribution in [0.4, 0.5) is 5.69 Å². The molecule has 0 fully saturated rings. The molecule has 0 bridgehead atoms. The van der Waals surface area contributed by atoms with Gasteiger partial charge >= 0.3 is 0 Å². The van der Waals surface area contributed by atoms with E-state index in [2.05, 4.69) is 15.9 Å². The zero-order valence-corrected chi connectivity index (χ0v) is 7.14. The summed E-state index contributed by atoms with van der Waals surface area (Å²) in [6.07, 6.45) is 0. The van der Waals surface area contributed by atoms with E-state index < -0.39 is 0 Å². The molecule has 0 atom stereocenters. The van der Waals surface area contributed by atoms with Crippen LogP contribution in [0.3, 0.4) is 0 Å². The van der Waals surface area contributed by atoms with Crippen molar-refractivity contribution in [2.24, 2.45) is 0 Å². The molecule has 0 amide bonds. The first-order chi connectivity index (χ1) is 4.61. The van der Waals surface area contributed by atoms with Gasteiger partial charge in [-0.25, -0.2) is 0 Å². The number of nitrogens with two attached hydrogens (primary N) is 1. The summed E-state index contributed by atoms with van der Waals surface area (Å²) in [6.45, 7) is 1.85. The van der Waals surface area contributed by atoms with E-state index in [-0.39, 0.29) is 5.75 Å². The van der Waals surface area contributed by atoms with Crippen LogP contribution in [0.5, 0.6) is 5.75 Å². The lowest BCUT2D eigenvalue weighted by Crippen LogP contribution is -1.89. The molecule has 2 nitrogen and oxygen atoms in total. The van der Waals surface area contributed by atoms with E-state index >= 15 is 0 Å². The van der Waals surface area contributed by atoms with Crippen molar-refractivity contribution in [1.82, 2.24) is 0 Å². The number of hydrogen-bond acceptors (Lipinski definition) is 2. The van der Waals surface area contributed by atoms with Crippen LogP contribution in [0.2, 0.25) is 0 Å². The molecule has 0 saturated carbocycles. The summed E-state index contributed by atoms with van der Waals surface area (Å²) in [4.78, 5) is 0. The lowest BCUT2D eigenvalue weighted by Gasteiger charge is -2.02. The number of halogens is 1. The molecule has 3 heteroatoms. The minimum absolute atomic E-state index is 0.131. The molecule has 0 radical (unpaired) electrons. The fourth-order valence-corrected chi connectivity index (χ4v) is 1.30. The molecule has 0 aliphatic rings. The predicted octanol–water partition coefficient (Wildman–Crippen LogP) is 2.05. The van der Waals surface area contributed by atoms with Crippen molar-refractivity contribution in [2.75, 3.05) is 5.73 Å². The third kappa shape index (κ3) is 1.24. The Kier molecular flexibility index (Phi) is 1.85. The first kappa shape index (κ1) is 7.41. The molecule has 0 aliphatic carbocycles. The van der Waals surface area contributed by atoms with Gasteiger partial charge in [0, 0.05) is 4.47 Å². The summed E-state index contributed by atoms with van der Waals surface area (Å²) in [5, 5.41) is 9.13. The number of hydrogen-bond donors (Lipinski definition) is 2. The normalized spacial score (nSPS) is 9.80. The van der Waals surface area contributed by atoms with Crippen molar-refractivity contribution >= 4 is 21.6 Å². The van der Waals surface area contributed by atoms with Gasteiger partial charge in [-0.3, -0.25) is 0 Å². The van der Waals surface area contributed by atoms with Crippen LogP contribution in [0.1, 0.15) is 5.56 Å². The van der Waals surface area contributed by atoms with Gasteiger partial charge in [0.05, 0.1) is 5.69 Å². The van der Waals surface area contributed by atoms with E-state index in [1.165, 1.54) is 0 Å². The van der Waals surface area contributed by atoms with Crippen LogP contribution in [0.15, 0.2) is 16.6 Å². The number of aromatic hydroxyl groups is 1. The molecule has 1 aromatic carbocycles. The first-order valence-corrected chi connectivity index (χ1v) is 3.65. The molecule has 1 aromatic rings. The maximum atomic E-state index is 9.13. The van der Waals surface area contributed by atoms with Gasteiger partial charge in [-0.05, 0) is 24.6 Å². The van der Waals surface area contributed by atoms with Crippen LogP contribution < -0.4 is 5.73 Å². The number of nitrogen functional groups attached to an aromatic ring is 1. The van der Waals surface area contributed by atoms with Crippen molar-refractivity contribution in [2.45, 2.75) is 6.92 Å². The molecule has 0 heterocycles. The van der Waals surface area contributed by atoms with E-state index in [9.17, 15) is 0 Å². The second-order valence-corrected chi connectivity index (χ2v) is 3.07. The van der Waals surface area contributed by atoms with E-state index in [0.717, 1.165) is 10.0 Å². The summed E-state index contributed by atoms with van der Waals surface area (Å²) in [6, 6.07) is 3.43. The van der Waals surface area contributed by atoms with Crippen molar-refractivity contribution < 1.29 is 5.11 Å². The fourth-order valence-electron chi connectivity index (χ4n) is 0.737. The van der Waals surface area contributed by atoms with E-state index in [4.69, 9.17) is 10.8 Å². The molecule has 0 unspecified atom stereocenters. The van der Waals surface area contributed by atoms with E-state index in [1.54, 1.807) is 6.07 Å². The van der Waals surface area contributed by atoms with Crippen LogP contribution >= 0.6 is 15.9 Å². The molecule has 0 spiro atoms. The largest absolute Gasteiger partial charge is 0.506 e. The number of rotatable bonds is 0. The molecular formula is C7H8BrNO. The first-order valence-electron chi connectivity index (χ1n) is 2.86. The average molecular weight is 202 g/mol. The van der Waals surface area contributed by atoms with Gasteiger partial charge in [0.15, 0.2) is 0 Å². The topological polar surface area (TPSA) is 46.2 Å². The van der Waals surface area contributed by atoms with Gasteiger partial charge in [0.25, 0.3) is 0 Å². The number of benzene rings is 1. The van der Waals surface area contributed by atoms with E-state index in [1.807, 2.05) is 13.0 Å². The minimum atomic E-state index is 0.131. The van der Waals surface area contributed by atoms with Gasteiger partial charge in [-0.15, -0.1) is 0 Å². The smallest absolute Gasteiger partial charge is 0.139 e. The molecule has 0 saturated heterocycles. The molecule has 10 heavy (non-hydrogen) atoms. The maximum Gasteiger partial charge on any atom is 0.139 e. The monoisotopic (exact) mass is 201 g/mol. The highest BCUT2D eigenvalue weighted by Gasteiger charge is 2.00. The van der Waals surface area contributed by atoms with Gasteiger partial charge < -0.3 is 10.8 Å². The molecule has 54 valence electrons. The van der Waals surface area contributed by atoms with Gasteiger partial charge in [0.2, 0.25) is 0 Å². The standard InChI is InChI=1S/C7H8BrNO/c1-4-2-5(8)3-6(10)7(4)9/h2-3,10H,9H2,1H3. The summed E-state index contributed by atoms with van der Waals surface area (Å²) >= 11 is 3.23. The lowest BCUT2D eigenvalue weighted by molar-refractivity contribution is 0.477. The Hall–Kier alpha value is -0.700. The summed E-state index contributed by atoms with van der Waals surface area (Å²) < 4.78 is 0.844. The highest BCUT2D eigenvalue weighted by atomic mass is 79.9. The van der Waals surface area contributed by atoms with Crippen molar-refractivity contribution in [3.63, 3.8) is 0 Å². The predicted molar refractivity (Wildman–Crippen MR) is 45.0 cm³/mol. The number of phenols is 1. The third-order valence-electron chi connectivity index (χ3n) is 1.33. The van der Waals surface area contributed by atoms with Crippen molar-refractivity contribution in [1.29, 1.82) is 0 Å². The quantitative estimate of drug-likeness (QED) is 0.499. The second-order valence-electron chi connectivity index (χ2n) is 2.16. The molecule has 1 rings (SSSR count). The van der Waals surface area contributed by atoms with Crippen molar-refractivity contribution in [3.05, 3.63) is 22.2 Å². The minimum Gasteiger partial charge on any atom is -0.506 e. The highest BCUT2D eigenvalue weighted by molar-refractivity contribution is 9.10. The number of phenolic OH excluding ortho intramolecular Hbond substituents is 1. The summed E-state index contributed by atoms with van der Waals surface area (Å²) in [7, 11) is 0. The zero-order valence-electron chi connectivity index (χ0n) is 5.56. The Morgan fingerprint density at radius 1 is 1.50 bits per heavy atom. The SMILES string of the molecule is Cc1cc(Br)cc(O)c1N. The Labute approximate surface area is 67.8 Å². The maximum absolute atomic E-state index is 9.13. The van der Waals surface area contributed by atoms with Gasteiger partial charge in [0.1, 0.15) is 5.75 Å². The summed E-state index contributed by atoms with van der Waals surface area (Å²) in [5.74, 6) is 0.131. The zero-order chi connectivity index (χ0) is 7.72. The Morgan fingerprint density at radius 3 is 2.60 bits per heavy atom. The van der Waals surface area contributed by atoms with Crippen LogP contribution in [0, 0.1) is 6.92 Å².